The summed E-state index contributed by atoms with van der Waals surface area (Å²) in [7, 11) is -14.7. The van der Waals surface area contributed by atoms with Crippen LogP contribution in [-0.2, 0) is 57.1 Å². The lowest BCUT2D eigenvalue weighted by Crippen LogP contribution is -2.30. The van der Waals surface area contributed by atoms with Gasteiger partial charge in [0, 0.05) is 24.2 Å². The smallest absolute Gasteiger partial charge is 0.320 e. The van der Waals surface area contributed by atoms with Crippen molar-refractivity contribution in [2.75, 3.05) is 13.2 Å². The Bertz CT molecular complexity index is 1700. The summed E-state index contributed by atoms with van der Waals surface area (Å²) >= 11 is 6.20. The lowest BCUT2D eigenvalue weighted by Gasteiger charge is -2.27. The van der Waals surface area contributed by atoms with Gasteiger partial charge >= 0.3 is 26.5 Å². The number of alkyl halides is 4. The van der Waals surface area contributed by atoms with Crippen molar-refractivity contribution in [2.45, 2.75) is 69.5 Å². The predicted molar refractivity (Wildman–Crippen MR) is 170 cm³/mol. The first-order valence-electron chi connectivity index (χ1n) is 14.5. The molecule has 2 atom stereocenters. The number of hydrogen-bond donors (Lipinski definition) is 1. The van der Waals surface area contributed by atoms with Gasteiger partial charge in [-0.1, -0.05) is 79.2 Å². The molecule has 1 N–H and O–H groups in total. The van der Waals surface area contributed by atoms with Crippen molar-refractivity contribution in [1.82, 2.24) is 4.31 Å². The van der Waals surface area contributed by atoms with E-state index in [0.29, 0.717) is 0 Å². The maximum Gasteiger partial charge on any atom is 0.404 e. The molecule has 0 radical (unpaired) electrons. The van der Waals surface area contributed by atoms with Gasteiger partial charge in [-0.3, -0.25) is 9.13 Å². The standard InChI is InChI=1S/C30H36ClF4NO8P2S/c1-5-22(4)44-45(37,38)29(32,33)25-16-12-23(13-17-25)20-36(47(40,41)28-11-9-8-10-27(28)31)21-24-14-18-26(19-15-24)30(34,35)46(39,42-6-2)43-7-3/h8-19,22H,5-7,20-21H2,1-4H3,(H,37,38). The van der Waals surface area contributed by atoms with Crippen LogP contribution >= 0.6 is 26.8 Å². The van der Waals surface area contributed by atoms with E-state index in [9.17, 15) is 31.2 Å². The van der Waals surface area contributed by atoms with Crippen LogP contribution in [0.2, 0.25) is 5.02 Å². The second kappa shape index (κ2) is 15.6. The van der Waals surface area contributed by atoms with E-state index in [2.05, 4.69) is 0 Å². The molecule has 0 aromatic heterocycles. The van der Waals surface area contributed by atoms with E-state index >= 15 is 8.78 Å². The van der Waals surface area contributed by atoms with Crippen LogP contribution in [0, 0.1) is 0 Å². The molecule has 0 fully saturated rings. The Labute approximate surface area is 276 Å². The van der Waals surface area contributed by atoms with Gasteiger partial charge in [0.05, 0.1) is 24.3 Å². The summed E-state index contributed by atoms with van der Waals surface area (Å²) in [4.78, 5) is 9.75. The summed E-state index contributed by atoms with van der Waals surface area (Å²) in [6.45, 7) is 4.44. The molecule has 0 aliphatic heterocycles. The molecule has 260 valence electrons. The fraction of sp³-hybridized carbons (Fsp3) is 0.400. The monoisotopic (exact) mass is 743 g/mol. The van der Waals surface area contributed by atoms with Crippen molar-refractivity contribution in [1.29, 1.82) is 0 Å². The summed E-state index contributed by atoms with van der Waals surface area (Å²) in [5.74, 6) is 0. The molecule has 0 bridgehead atoms. The molecule has 0 spiro atoms. The van der Waals surface area contributed by atoms with E-state index in [1.54, 1.807) is 6.92 Å². The van der Waals surface area contributed by atoms with Crippen LogP contribution in [0.1, 0.15) is 56.4 Å². The Morgan fingerprint density at radius 3 is 1.68 bits per heavy atom. The second-order valence-electron chi connectivity index (χ2n) is 10.4. The molecule has 0 heterocycles. The van der Waals surface area contributed by atoms with Gasteiger partial charge in [0.1, 0.15) is 4.90 Å². The maximum atomic E-state index is 15.3. The Morgan fingerprint density at radius 1 is 0.809 bits per heavy atom. The molecule has 9 nitrogen and oxygen atoms in total. The third-order valence-corrected chi connectivity index (χ3v) is 13.0. The van der Waals surface area contributed by atoms with Gasteiger partial charge in [-0.2, -0.15) is 21.9 Å². The molecule has 3 aromatic carbocycles. The fourth-order valence-electron chi connectivity index (χ4n) is 4.29. The Morgan fingerprint density at radius 2 is 1.26 bits per heavy atom. The molecule has 0 aliphatic rings. The summed E-state index contributed by atoms with van der Waals surface area (Å²) in [6, 6.07) is 14.1. The van der Waals surface area contributed by atoms with Gasteiger partial charge in [-0.05, 0) is 50.5 Å². The van der Waals surface area contributed by atoms with Crippen molar-refractivity contribution in [3.63, 3.8) is 0 Å². The number of rotatable bonds is 17. The first-order valence-corrected chi connectivity index (χ1v) is 19.4. The van der Waals surface area contributed by atoms with Crippen LogP contribution < -0.4 is 0 Å². The molecular formula is C30H36ClF4NO8P2S. The van der Waals surface area contributed by atoms with E-state index in [4.69, 9.17) is 25.2 Å². The highest BCUT2D eigenvalue weighted by molar-refractivity contribution is 7.89. The van der Waals surface area contributed by atoms with Crippen LogP contribution in [0.4, 0.5) is 17.6 Å². The molecule has 3 aromatic rings. The summed E-state index contributed by atoms with van der Waals surface area (Å²) in [6.07, 6.45) is -0.680. The van der Waals surface area contributed by atoms with Crippen molar-refractivity contribution in [3.8, 4) is 0 Å². The molecular weight excluding hydrogens is 708 g/mol. The van der Waals surface area contributed by atoms with Gasteiger partial charge < -0.3 is 18.5 Å². The van der Waals surface area contributed by atoms with Gasteiger partial charge in [0.2, 0.25) is 10.0 Å². The summed E-state index contributed by atoms with van der Waals surface area (Å²) in [5.41, 5.74) is -9.30. The minimum absolute atomic E-state index is 0.0925. The van der Waals surface area contributed by atoms with Crippen molar-refractivity contribution < 1.29 is 53.6 Å². The molecule has 3 rings (SSSR count). The SMILES string of the molecule is CCOP(=O)(OCC)C(F)(F)c1ccc(CN(Cc2ccc(C(F)(F)P(=O)(O)OC(C)CC)cc2)S(=O)(=O)c2ccccc2Cl)cc1. The third kappa shape index (κ3) is 8.73. The Kier molecular flexibility index (Phi) is 13.1. The third-order valence-electron chi connectivity index (χ3n) is 6.97. The van der Waals surface area contributed by atoms with Crippen LogP contribution in [0.5, 0.6) is 0 Å². The molecule has 17 heteroatoms. The molecule has 0 aliphatic carbocycles. The molecule has 0 saturated heterocycles. The van der Waals surface area contributed by atoms with Crippen LogP contribution in [0.25, 0.3) is 0 Å². The minimum atomic E-state index is -5.43. The largest absolute Gasteiger partial charge is 0.404 e. The zero-order valence-electron chi connectivity index (χ0n) is 26.0. The quantitative estimate of drug-likeness (QED) is 0.107. The highest BCUT2D eigenvalue weighted by Crippen LogP contribution is 2.67. The van der Waals surface area contributed by atoms with E-state index in [-0.39, 0.29) is 53.8 Å². The van der Waals surface area contributed by atoms with Gasteiger partial charge in [-0.25, -0.2) is 8.42 Å². The average Bonchev–Trinajstić information content (AvgIpc) is 3.01. The first-order chi connectivity index (χ1) is 21.9. The van der Waals surface area contributed by atoms with Gasteiger partial charge in [0.15, 0.2) is 0 Å². The lowest BCUT2D eigenvalue weighted by molar-refractivity contribution is 0.0347. The lowest BCUT2D eigenvalue weighted by atomic mass is 10.1. The fourth-order valence-corrected chi connectivity index (χ4v) is 8.99. The average molecular weight is 744 g/mol. The van der Waals surface area contributed by atoms with E-state index in [1.165, 1.54) is 69.3 Å². The Hall–Kier alpha value is -2.12. The normalized spacial score (nSPS) is 15.0. The predicted octanol–water partition coefficient (Wildman–Crippen LogP) is 9.10. The molecule has 2 unspecified atom stereocenters. The van der Waals surface area contributed by atoms with E-state index in [0.717, 1.165) is 28.6 Å². The molecule has 0 saturated carbocycles. The van der Waals surface area contributed by atoms with Crippen molar-refractivity contribution >= 4 is 36.8 Å². The highest BCUT2D eigenvalue weighted by Gasteiger charge is 2.55. The maximum absolute atomic E-state index is 15.3. The van der Waals surface area contributed by atoms with Crippen LogP contribution in [0.3, 0.4) is 0 Å². The van der Waals surface area contributed by atoms with Crippen LogP contribution in [0.15, 0.2) is 77.7 Å². The van der Waals surface area contributed by atoms with Crippen LogP contribution in [-0.4, -0.2) is 36.9 Å². The number of hydrogen-bond acceptors (Lipinski definition) is 7. The number of benzene rings is 3. The zero-order chi connectivity index (χ0) is 35.3. The number of nitrogens with zero attached hydrogens (tertiary/aromatic N) is 1. The van der Waals surface area contributed by atoms with E-state index < -0.39 is 53.8 Å². The first kappa shape index (κ1) is 39.3. The van der Waals surface area contributed by atoms with Gasteiger partial charge in [-0.15, -0.1) is 0 Å². The van der Waals surface area contributed by atoms with Crippen molar-refractivity contribution in [3.05, 3.63) is 100 Å². The second-order valence-corrected chi connectivity index (χ2v) is 16.6. The Balaban J connectivity index is 1.97. The van der Waals surface area contributed by atoms with Gasteiger partial charge in [0.25, 0.3) is 0 Å². The zero-order valence-corrected chi connectivity index (χ0v) is 29.3. The molecule has 47 heavy (non-hydrogen) atoms. The topological polar surface area (TPSA) is 119 Å². The van der Waals surface area contributed by atoms with E-state index in [1.807, 2.05) is 0 Å². The highest BCUT2D eigenvalue weighted by atomic mass is 35.5. The summed E-state index contributed by atoms with van der Waals surface area (Å²) in [5, 5.41) is -0.0925. The van der Waals surface area contributed by atoms with Crippen molar-refractivity contribution in [2.24, 2.45) is 0 Å². The number of halogens is 5. The molecule has 0 amide bonds. The minimum Gasteiger partial charge on any atom is -0.320 e. The number of sulfonamides is 1. The summed E-state index contributed by atoms with van der Waals surface area (Å²) < 4.78 is 129.